The molecule has 2 aliphatic heterocycles. The first-order chi connectivity index (χ1) is 21.0. The number of aromatic nitrogens is 1. The summed E-state index contributed by atoms with van der Waals surface area (Å²) in [7, 11) is 1.68. The van der Waals surface area contributed by atoms with Gasteiger partial charge in [-0.1, -0.05) is 18.2 Å². The van der Waals surface area contributed by atoms with E-state index in [1.807, 2.05) is 30.3 Å². The van der Waals surface area contributed by atoms with Gasteiger partial charge in [-0.25, -0.2) is 0 Å². The smallest absolute Gasteiger partial charge is 0.416 e. The molecular weight excluding hydrogens is 577 g/mol. The fourth-order valence-corrected chi connectivity index (χ4v) is 5.67. The van der Waals surface area contributed by atoms with Crippen molar-refractivity contribution in [3.63, 3.8) is 0 Å². The molecule has 3 amide bonds. The van der Waals surface area contributed by atoms with Crippen LogP contribution in [0.25, 0.3) is 10.9 Å². The van der Waals surface area contributed by atoms with E-state index in [-0.39, 0.29) is 53.8 Å². The minimum Gasteiger partial charge on any atom is -0.490 e. The lowest BCUT2D eigenvalue weighted by molar-refractivity contribution is -0.137. The van der Waals surface area contributed by atoms with Crippen molar-refractivity contribution in [1.29, 1.82) is 0 Å². The van der Waals surface area contributed by atoms with Gasteiger partial charge in [-0.3, -0.25) is 14.4 Å². The molecule has 1 fully saturated rings. The molecule has 3 heterocycles. The molecule has 0 spiro atoms. The fraction of sp³-hybridized carbons (Fsp3) is 0.281. The molecule has 228 valence electrons. The molecule has 0 unspecified atom stereocenters. The van der Waals surface area contributed by atoms with E-state index in [0.717, 1.165) is 35.2 Å². The van der Waals surface area contributed by atoms with Crippen molar-refractivity contribution in [2.45, 2.75) is 43.7 Å². The van der Waals surface area contributed by atoms with Crippen molar-refractivity contribution in [3.05, 3.63) is 89.5 Å². The Morgan fingerprint density at radius 1 is 1.00 bits per heavy atom. The van der Waals surface area contributed by atoms with Gasteiger partial charge in [0.15, 0.2) is 0 Å². The van der Waals surface area contributed by atoms with Crippen molar-refractivity contribution in [2.24, 2.45) is 0 Å². The average Bonchev–Trinajstić information content (AvgIpc) is 3.41. The van der Waals surface area contributed by atoms with Gasteiger partial charge in [0.05, 0.1) is 29.7 Å². The third-order valence-corrected chi connectivity index (χ3v) is 7.96. The topological polar surface area (TPSA) is 113 Å². The van der Waals surface area contributed by atoms with Crippen LogP contribution < -0.4 is 15.4 Å². The van der Waals surface area contributed by atoms with Gasteiger partial charge >= 0.3 is 6.18 Å². The second-order valence-corrected chi connectivity index (χ2v) is 10.9. The molecule has 3 atom stereocenters. The van der Waals surface area contributed by atoms with Crippen LogP contribution in [0.3, 0.4) is 0 Å². The minimum absolute atomic E-state index is 0.0381. The van der Waals surface area contributed by atoms with Crippen LogP contribution in [0.15, 0.2) is 72.8 Å². The normalized spacial score (nSPS) is 20.1. The van der Waals surface area contributed by atoms with Gasteiger partial charge in [0.1, 0.15) is 24.3 Å². The number of alkyl halides is 3. The molecule has 6 rings (SSSR count). The second kappa shape index (κ2) is 11.7. The molecular formula is C32H29F3N4O5. The lowest BCUT2D eigenvalue weighted by Crippen LogP contribution is -2.53. The molecule has 3 N–H and O–H groups in total. The van der Waals surface area contributed by atoms with Crippen LogP contribution in [-0.2, 0) is 15.7 Å². The number of likely N-dealkylation sites (N-methyl/N-ethyl adjacent to an activating group) is 1. The van der Waals surface area contributed by atoms with Gasteiger partial charge < -0.3 is 30.0 Å². The SMILES string of the molecule is CN1C(=O)c2cc(NC(=O)c3ccc(C(F)(F)F)cc3)ccc2OC[C@@H]2O[C@H](CC(=O)Nc3cc4ccccc4[nH]3)CC[C@@H]21. The highest BCUT2D eigenvalue weighted by atomic mass is 19.4. The number of benzene rings is 3. The van der Waals surface area contributed by atoms with Crippen molar-refractivity contribution < 1.29 is 37.0 Å². The summed E-state index contributed by atoms with van der Waals surface area (Å²) in [5.74, 6) is -0.232. The molecule has 2 aliphatic rings. The first-order valence-electron chi connectivity index (χ1n) is 14.1. The first-order valence-corrected chi connectivity index (χ1v) is 14.1. The van der Waals surface area contributed by atoms with Gasteiger partial charge in [0.25, 0.3) is 11.8 Å². The van der Waals surface area contributed by atoms with Crippen LogP contribution in [0.5, 0.6) is 5.75 Å². The Hall–Kier alpha value is -4.84. The quantitative estimate of drug-likeness (QED) is 0.264. The molecule has 0 aliphatic carbocycles. The van der Waals surface area contributed by atoms with Crippen LogP contribution in [0, 0.1) is 0 Å². The number of nitrogens with zero attached hydrogens (tertiary/aromatic N) is 1. The Morgan fingerprint density at radius 2 is 1.77 bits per heavy atom. The summed E-state index contributed by atoms with van der Waals surface area (Å²) in [6, 6.07) is 17.7. The fourth-order valence-electron chi connectivity index (χ4n) is 5.67. The minimum atomic E-state index is -4.51. The number of para-hydroxylation sites is 1. The first kappa shape index (κ1) is 29.2. The lowest BCUT2D eigenvalue weighted by atomic mass is 9.94. The van der Waals surface area contributed by atoms with E-state index in [1.54, 1.807) is 24.1 Å². The number of carbonyl (C=O) groups excluding carboxylic acids is 3. The highest BCUT2D eigenvalue weighted by molar-refractivity contribution is 6.05. The zero-order chi connectivity index (χ0) is 31.0. The van der Waals surface area contributed by atoms with Crippen molar-refractivity contribution >= 4 is 40.1 Å². The van der Waals surface area contributed by atoms with E-state index in [4.69, 9.17) is 9.47 Å². The third kappa shape index (κ3) is 6.11. The average molecular weight is 607 g/mol. The Labute approximate surface area is 250 Å². The van der Waals surface area contributed by atoms with Crippen molar-refractivity contribution in [3.8, 4) is 5.75 Å². The monoisotopic (exact) mass is 606 g/mol. The van der Waals surface area contributed by atoms with Crippen molar-refractivity contribution in [1.82, 2.24) is 9.88 Å². The van der Waals surface area contributed by atoms with Gasteiger partial charge in [0.2, 0.25) is 5.91 Å². The van der Waals surface area contributed by atoms with E-state index in [9.17, 15) is 27.6 Å². The van der Waals surface area contributed by atoms with Crippen LogP contribution in [0.1, 0.15) is 45.5 Å². The molecule has 0 bridgehead atoms. The predicted molar refractivity (Wildman–Crippen MR) is 157 cm³/mol. The summed E-state index contributed by atoms with van der Waals surface area (Å²) in [5, 5.41) is 6.52. The summed E-state index contributed by atoms with van der Waals surface area (Å²) in [6.45, 7) is 0.146. The molecule has 4 aromatic rings. The largest absolute Gasteiger partial charge is 0.490 e. The molecule has 3 aromatic carbocycles. The Balaban J connectivity index is 1.10. The molecule has 12 heteroatoms. The van der Waals surface area contributed by atoms with E-state index in [0.29, 0.717) is 24.4 Å². The molecule has 9 nitrogen and oxygen atoms in total. The van der Waals surface area contributed by atoms with Gasteiger partial charge in [-0.05, 0) is 67.4 Å². The number of carbonyl (C=O) groups is 3. The number of hydrogen-bond acceptors (Lipinski definition) is 5. The number of rotatable bonds is 5. The number of aromatic amines is 1. The van der Waals surface area contributed by atoms with Crippen LogP contribution in [0.2, 0.25) is 0 Å². The molecule has 1 aromatic heterocycles. The number of anilines is 2. The molecule has 0 saturated carbocycles. The van der Waals surface area contributed by atoms with Crippen LogP contribution in [0.4, 0.5) is 24.7 Å². The maximum Gasteiger partial charge on any atom is 0.416 e. The Kier molecular flexibility index (Phi) is 7.76. The summed E-state index contributed by atoms with van der Waals surface area (Å²) in [4.78, 5) is 43.8. The zero-order valence-corrected chi connectivity index (χ0v) is 23.6. The Morgan fingerprint density at radius 3 is 2.52 bits per heavy atom. The predicted octanol–water partition coefficient (Wildman–Crippen LogP) is 5.85. The molecule has 1 saturated heterocycles. The van der Waals surface area contributed by atoms with E-state index < -0.39 is 23.8 Å². The molecule has 44 heavy (non-hydrogen) atoms. The van der Waals surface area contributed by atoms with E-state index >= 15 is 0 Å². The maximum absolute atomic E-state index is 13.5. The number of ether oxygens (including phenoxy) is 2. The summed E-state index contributed by atoms with van der Waals surface area (Å²) < 4.78 is 50.8. The second-order valence-electron chi connectivity index (χ2n) is 10.9. The number of H-pyrrole nitrogens is 1. The number of hydrogen-bond donors (Lipinski definition) is 3. The number of nitrogens with one attached hydrogen (secondary N) is 3. The maximum atomic E-state index is 13.5. The summed E-state index contributed by atoms with van der Waals surface area (Å²) in [6.07, 6.45) is -4.01. The standard InChI is InChI=1S/C32H29F3N4O5/c1-39-25-12-11-22(16-29(40)38-28-14-19-4-2-3-5-24(19)37-28)44-27(25)17-43-26-13-10-21(15-23(26)31(39)42)36-30(41)18-6-8-20(9-7-18)32(33,34)35/h2-10,13-15,22,25,27,37H,11-12,16-17H2,1H3,(H,36,41)(H,38,40)/t22-,25-,27-/m0/s1. The third-order valence-electron chi connectivity index (χ3n) is 7.96. The number of amides is 3. The number of halogens is 3. The Bertz CT molecular complexity index is 1690. The van der Waals surface area contributed by atoms with Crippen LogP contribution in [-0.4, -0.2) is 59.5 Å². The molecule has 0 radical (unpaired) electrons. The van der Waals surface area contributed by atoms with Gasteiger partial charge in [-0.15, -0.1) is 0 Å². The highest BCUT2D eigenvalue weighted by Gasteiger charge is 2.39. The van der Waals surface area contributed by atoms with Gasteiger partial charge in [0, 0.05) is 29.2 Å². The van der Waals surface area contributed by atoms with Gasteiger partial charge in [-0.2, -0.15) is 13.2 Å². The van der Waals surface area contributed by atoms with E-state index in [1.165, 1.54) is 6.07 Å². The summed E-state index contributed by atoms with van der Waals surface area (Å²) >= 11 is 0. The lowest BCUT2D eigenvalue weighted by Gasteiger charge is -2.42. The van der Waals surface area contributed by atoms with Crippen molar-refractivity contribution in [2.75, 3.05) is 24.3 Å². The zero-order valence-electron chi connectivity index (χ0n) is 23.6. The van der Waals surface area contributed by atoms with E-state index in [2.05, 4.69) is 15.6 Å². The van der Waals surface area contributed by atoms with Crippen LogP contribution >= 0.6 is 0 Å². The number of fused-ring (bicyclic) bond motifs is 3. The highest BCUT2D eigenvalue weighted by Crippen LogP contribution is 2.33. The summed E-state index contributed by atoms with van der Waals surface area (Å²) in [5.41, 5.74) is 0.628.